The molecule has 0 bridgehead atoms. The number of hydrogen-bond donors (Lipinski definition) is 0. The highest BCUT2D eigenvalue weighted by Gasteiger charge is 2.39. The highest BCUT2D eigenvalue weighted by Crippen LogP contribution is 2.45. The van der Waals surface area contributed by atoms with Gasteiger partial charge in [0.15, 0.2) is 5.78 Å². The van der Waals surface area contributed by atoms with Crippen molar-refractivity contribution in [3.63, 3.8) is 0 Å². The van der Waals surface area contributed by atoms with Gasteiger partial charge in [-0.2, -0.15) is 0 Å². The van der Waals surface area contributed by atoms with Crippen LogP contribution in [0.3, 0.4) is 0 Å². The van der Waals surface area contributed by atoms with Crippen molar-refractivity contribution >= 4 is 39.4 Å². The van der Waals surface area contributed by atoms with Crippen LogP contribution in [0.2, 0.25) is 0 Å². The number of hydrogen-bond acceptors (Lipinski definition) is 4. The normalized spacial score (nSPS) is 19.3. The maximum absolute atomic E-state index is 13.3. The van der Waals surface area contributed by atoms with Crippen molar-refractivity contribution in [3.05, 3.63) is 82.9 Å². The number of oxime groups is 1. The van der Waals surface area contributed by atoms with Gasteiger partial charge in [0, 0.05) is 52.6 Å². The molecule has 2 unspecified atom stereocenters. The van der Waals surface area contributed by atoms with Gasteiger partial charge >= 0.3 is 6.09 Å². The lowest BCUT2D eigenvalue weighted by Gasteiger charge is -2.18. The molecule has 194 valence electrons. The van der Waals surface area contributed by atoms with E-state index in [1.807, 2.05) is 62.4 Å². The van der Waals surface area contributed by atoms with Gasteiger partial charge in [0.25, 0.3) is 0 Å². The molecule has 0 radical (unpaired) electrons. The summed E-state index contributed by atoms with van der Waals surface area (Å²) in [5.41, 5.74) is 6.06. The van der Waals surface area contributed by atoms with Crippen LogP contribution in [0.15, 0.2) is 65.8 Å². The molecule has 4 aromatic rings. The number of nitrogens with zero attached hydrogens (tertiary/aromatic N) is 3. The summed E-state index contributed by atoms with van der Waals surface area (Å²) < 4.78 is 2.26. The first kappa shape index (κ1) is 24.4. The van der Waals surface area contributed by atoms with Crippen LogP contribution < -0.4 is 0 Å². The molecular formula is C32H33N3O3. The minimum Gasteiger partial charge on any atom is -0.341 e. The molecule has 0 N–H and O–H groups in total. The average molecular weight is 508 g/mol. The first-order valence-corrected chi connectivity index (χ1v) is 13.6. The Morgan fingerprint density at radius 2 is 1.55 bits per heavy atom. The molecule has 1 amide bonds. The number of amides is 1. The number of ketones is 1. The van der Waals surface area contributed by atoms with Crippen LogP contribution in [-0.4, -0.2) is 40.1 Å². The van der Waals surface area contributed by atoms with Crippen molar-refractivity contribution in [3.8, 4) is 0 Å². The molecule has 6 heteroatoms. The van der Waals surface area contributed by atoms with E-state index in [1.54, 1.807) is 4.90 Å². The Bertz CT molecular complexity index is 1590. The van der Waals surface area contributed by atoms with E-state index in [0.717, 1.165) is 82.8 Å². The Balaban J connectivity index is 1.31. The average Bonchev–Trinajstić information content (AvgIpc) is 3.65. The molecule has 1 aromatic heterocycles. The molecule has 1 saturated heterocycles. The molecule has 1 aliphatic carbocycles. The molecule has 0 spiro atoms. The maximum atomic E-state index is 13.3. The van der Waals surface area contributed by atoms with E-state index >= 15 is 0 Å². The van der Waals surface area contributed by atoms with Crippen molar-refractivity contribution in [2.24, 2.45) is 17.0 Å². The predicted octanol–water partition coefficient (Wildman–Crippen LogP) is 6.95. The third-order valence-corrected chi connectivity index (χ3v) is 8.38. The minimum atomic E-state index is -0.367. The zero-order chi connectivity index (χ0) is 26.4. The van der Waals surface area contributed by atoms with Gasteiger partial charge < -0.3 is 9.47 Å². The fraction of sp³-hybridized carbons (Fsp3) is 0.344. The number of rotatable bonds is 5. The summed E-state index contributed by atoms with van der Waals surface area (Å²) in [5.74, 6) is 1.61. The number of aryl methyl sites for hydroxylation is 2. The Labute approximate surface area is 222 Å². The van der Waals surface area contributed by atoms with Gasteiger partial charge in [0.2, 0.25) is 0 Å². The quantitative estimate of drug-likeness (QED) is 0.127. The Hall–Kier alpha value is -3.93. The van der Waals surface area contributed by atoms with Gasteiger partial charge in [-0.25, -0.2) is 4.79 Å². The van der Waals surface area contributed by atoms with Crippen molar-refractivity contribution in [1.29, 1.82) is 0 Å². The number of carbonyl (C=O) groups is 2. The Morgan fingerprint density at radius 3 is 2.21 bits per heavy atom. The molecule has 2 aliphatic rings. The maximum Gasteiger partial charge on any atom is 0.435 e. The summed E-state index contributed by atoms with van der Waals surface area (Å²) in [4.78, 5) is 33.1. The van der Waals surface area contributed by atoms with Gasteiger partial charge in [-0.1, -0.05) is 35.5 Å². The minimum absolute atomic E-state index is 0.0222. The number of fused-ring (bicyclic) bond motifs is 4. The van der Waals surface area contributed by atoms with Gasteiger partial charge in [-0.05, 0) is 93.3 Å². The molecule has 6 rings (SSSR count). The standard InChI is InChI=1S/C32H33N3O3/c1-4-35-29-11-9-22(21(3)33-38-32(37)34-15-13-23-17-24(23)14-16-34)18-27(29)28-19-25(10-12-30(28)35)31(36)26-8-6-5-7-20(26)2/h5-12,18-19,23-24H,4,13-17H2,1-3H3/b33-21+. The monoisotopic (exact) mass is 507 g/mol. The van der Waals surface area contributed by atoms with Crippen LogP contribution in [0.1, 0.15) is 60.2 Å². The highest BCUT2D eigenvalue weighted by atomic mass is 16.7. The van der Waals surface area contributed by atoms with Gasteiger partial charge in [-0.15, -0.1) is 0 Å². The lowest BCUT2D eigenvalue weighted by atomic mass is 9.97. The number of carbonyl (C=O) groups excluding carboxylic acids is 2. The zero-order valence-corrected chi connectivity index (χ0v) is 22.2. The molecule has 1 saturated carbocycles. The van der Waals surface area contributed by atoms with Gasteiger partial charge in [0.1, 0.15) is 0 Å². The van der Waals surface area contributed by atoms with Crippen LogP contribution in [0.25, 0.3) is 21.8 Å². The largest absolute Gasteiger partial charge is 0.435 e. The van der Waals surface area contributed by atoms with E-state index in [-0.39, 0.29) is 11.9 Å². The van der Waals surface area contributed by atoms with Crippen molar-refractivity contribution in [1.82, 2.24) is 9.47 Å². The van der Waals surface area contributed by atoms with Crippen LogP contribution in [0, 0.1) is 18.8 Å². The lowest BCUT2D eigenvalue weighted by molar-refractivity contribution is 0.103. The number of benzene rings is 3. The molecular weight excluding hydrogens is 474 g/mol. The second kappa shape index (κ2) is 9.75. The van der Waals surface area contributed by atoms with Crippen molar-refractivity contribution in [2.75, 3.05) is 13.1 Å². The van der Waals surface area contributed by atoms with Crippen LogP contribution in [-0.2, 0) is 11.4 Å². The second-order valence-electron chi connectivity index (χ2n) is 10.7. The van der Waals surface area contributed by atoms with E-state index in [4.69, 9.17) is 4.84 Å². The van der Waals surface area contributed by atoms with E-state index in [9.17, 15) is 9.59 Å². The van der Waals surface area contributed by atoms with Gasteiger partial charge in [0.05, 0.1) is 5.71 Å². The van der Waals surface area contributed by atoms with E-state index in [2.05, 4.69) is 28.8 Å². The fourth-order valence-electron chi connectivity index (χ4n) is 5.97. The van der Waals surface area contributed by atoms with Crippen molar-refractivity contribution < 1.29 is 14.4 Å². The smallest absolute Gasteiger partial charge is 0.341 e. The summed E-state index contributed by atoms with van der Waals surface area (Å²) in [6.07, 6.45) is 3.08. The summed E-state index contributed by atoms with van der Waals surface area (Å²) in [6.45, 7) is 8.26. The molecule has 2 atom stereocenters. The SMILES string of the molecule is CCn1c2ccc(C(=O)c3ccccc3C)cc2c2cc(/C(C)=N/OC(=O)N3CCC4CC4CC3)ccc21. The van der Waals surface area contributed by atoms with Gasteiger partial charge in [-0.3, -0.25) is 9.63 Å². The molecule has 1 aliphatic heterocycles. The highest BCUT2D eigenvalue weighted by molar-refractivity contribution is 6.16. The number of likely N-dealkylation sites (tertiary alicyclic amines) is 1. The predicted molar refractivity (Wildman–Crippen MR) is 151 cm³/mol. The molecule has 3 aromatic carbocycles. The first-order chi connectivity index (χ1) is 18.4. The Morgan fingerprint density at radius 1 is 0.921 bits per heavy atom. The molecule has 38 heavy (non-hydrogen) atoms. The molecule has 2 heterocycles. The van der Waals surface area contributed by atoms with Crippen LogP contribution >= 0.6 is 0 Å². The van der Waals surface area contributed by atoms with Crippen molar-refractivity contribution in [2.45, 2.75) is 46.6 Å². The van der Waals surface area contributed by atoms with E-state index < -0.39 is 0 Å². The van der Waals surface area contributed by atoms with Crippen LogP contribution in [0.5, 0.6) is 0 Å². The molecule has 6 nitrogen and oxygen atoms in total. The van der Waals surface area contributed by atoms with E-state index in [1.165, 1.54) is 6.42 Å². The third-order valence-electron chi connectivity index (χ3n) is 8.38. The number of aromatic nitrogens is 1. The zero-order valence-electron chi connectivity index (χ0n) is 22.2. The molecule has 2 fully saturated rings. The summed E-state index contributed by atoms with van der Waals surface area (Å²) in [6, 6.07) is 19.8. The summed E-state index contributed by atoms with van der Waals surface area (Å²) >= 11 is 0. The lowest BCUT2D eigenvalue weighted by Crippen LogP contribution is -2.32. The summed E-state index contributed by atoms with van der Waals surface area (Å²) in [5, 5.41) is 6.28. The Kier molecular flexibility index (Phi) is 6.26. The second-order valence-corrected chi connectivity index (χ2v) is 10.7. The summed E-state index contributed by atoms with van der Waals surface area (Å²) in [7, 11) is 0. The fourth-order valence-corrected chi connectivity index (χ4v) is 5.97. The first-order valence-electron chi connectivity index (χ1n) is 13.6. The van der Waals surface area contributed by atoms with E-state index in [0.29, 0.717) is 11.3 Å². The van der Waals surface area contributed by atoms with Crippen LogP contribution in [0.4, 0.5) is 4.79 Å². The third kappa shape index (κ3) is 4.38. The topological polar surface area (TPSA) is 63.9 Å².